The second-order valence-corrected chi connectivity index (χ2v) is 6.53. The molecule has 0 saturated carbocycles. The van der Waals surface area contributed by atoms with Gasteiger partial charge < -0.3 is 14.9 Å². The van der Waals surface area contributed by atoms with E-state index in [-0.39, 0.29) is 13.0 Å². The van der Waals surface area contributed by atoms with Gasteiger partial charge >= 0.3 is 5.97 Å². The first kappa shape index (κ1) is 20.8. The van der Waals surface area contributed by atoms with Crippen LogP contribution in [0.25, 0.3) is 0 Å². The van der Waals surface area contributed by atoms with Crippen LogP contribution in [0.4, 0.5) is 4.39 Å². The molecule has 2 N–H and O–H groups in total. The van der Waals surface area contributed by atoms with Crippen LogP contribution in [0, 0.1) is 0 Å². The zero-order chi connectivity index (χ0) is 17.0. The number of carbonyl (C=O) groups is 2. The maximum atomic E-state index is 13.6. The number of nitrogens with one attached hydrogen (secondary N) is 1. The highest BCUT2D eigenvalue weighted by Crippen LogP contribution is 2.09. The van der Waals surface area contributed by atoms with Crippen molar-refractivity contribution in [3.8, 4) is 0 Å². The Kier molecular flexibility index (Phi) is 10.8. The number of carboxylic acids is 1. The van der Waals surface area contributed by atoms with Crippen molar-refractivity contribution in [2.24, 2.45) is 0 Å². The summed E-state index contributed by atoms with van der Waals surface area (Å²) in [5.41, 5.74) is 0. The van der Waals surface area contributed by atoms with Gasteiger partial charge in [-0.25, -0.2) is 9.18 Å². The van der Waals surface area contributed by atoms with Gasteiger partial charge in [0.25, 0.3) is 5.91 Å². The first-order valence-electron chi connectivity index (χ1n) is 8.24. The van der Waals surface area contributed by atoms with Gasteiger partial charge in [0, 0.05) is 13.0 Å². The minimum absolute atomic E-state index is 0.0391. The smallest absolute Gasteiger partial charge is 0.359 e. The van der Waals surface area contributed by atoms with Crippen LogP contribution in [0.5, 0.6) is 0 Å². The highest BCUT2D eigenvalue weighted by molar-refractivity contribution is 5.80. The Morgan fingerprint density at radius 1 is 1.14 bits per heavy atom. The third-order valence-electron chi connectivity index (χ3n) is 3.65. The van der Waals surface area contributed by atoms with Crippen LogP contribution in [0.15, 0.2) is 0 Å². The van der Waals surface area contributed by atoms with E-state index in [1.807, 2.05) is 14.1 Å². The van der Waals surface area contributed by atoms with E-state index in [4.69, 9.17) is 5.11 Å². The molecule has 22 heavy (non-hydrogen) atoms. The number of rotatable bonds is 13. The van der Waals surface area contributed by atoms with Crippen molar-refractivity contribution in [2.45, 2.75) is 58.0 Å². The number of alkyl halides is 1. The van der Waals surface area contributed by atoms with Gasteiger partial charge in [0.05, 0.1) is 20.6 Å². The molecule has 0 rings (SSSR count). The van der Waals surface area contributed by atoms with Crippen molar-refractivity contribution >= 4 is 11.9 Å². The van der Waals surface area contributed by atoms with Crippen LogP contribution in [0.2, 0.25) is 0 Å². The van der Waals surface area contributed by atoms with Gasteiger partial charge in [-0.1, -0.05) is 39.0 Å². The first-order valence-corrected chi connectivity index (χ1v) is 8.24. The molecule has 0 radical (unpaired) electrons. The SMILES string of the molecule is CCCCCCCC(F)C(=O)NCCC[N+](C)(C)CC(=O)O. The zero-order valence-corrected chi connectivity index (χ0v) is 14.2. The molecule has 0 aromatic heterocycles. The minimum atomic E-state index is -1.43. The molecule has 5 nitrogen and oxygen atoms in total. The number of quaternary nitrogens is 1. The summed E-state index contributed by atoms with van der Waals surface area (Å²) >= 11 is 0. The Labute approximate surface area is 133 Å². The summed E-state index contributed by atoms with van der Waals surface area (Å²) in [4.78, 5) is 22.3. The molecule has 6 heteroatoms. The lowest BCUT2D eigenvalue weighted by Gasteiger charge is -2.27. The van der Waals surface area contributed by atoms with Gasteiger partial charge in [-0.05, 0) is 6.42 Å². The number of aliphatic carboxylic acids is 1. The third-order valence-corrected chi connectivity index (χ3v) is 3.65. The maximum absolute atomic E-state index is 13.6. The molecule has 1 atom stereocenters. The van der Waals surface area contributed by atoms with Gasteiger partial charge in [-0.2, -0.15) is 0 Å². The molecule has 0 aliphatic carbocycles. The van der Waals surface area contributed by atoms with Crippen LogP contribution in [-0.2, 0) is 9.59 Å². The number of carboxylic acid groups (broad SMARTS) is 1. The molecule has 0 spiro atoms. The van der Waals surface area contributed by atoms with Crippen LogP contribution in [0.3, 0.4) is 0 Å². The summed E-state index contributed by atoms with van der Waals surface area (Å²) in [7, 11) is 3.65. The van der Waals surface area contributed by atoms with Crippen LogP contribution in [-0.4, -0.2) is 61.4 Å². The van der Waals surface area contributed by atoms with E-state index in [1.165, 1.54) is 0 Å². The molecule has 0 aromatic carbocycles. The largest absolute Gasteiger partial charge is 0.477 e. The first-order chi connectivity index (χ1) is 10.3. The highest BCUT2D eigenvalue weighted by Gasteiger charge is 2.20. The number of nitrogens with zero attached hydrogens (tertiary/aromatic N) is 1. The van der Waals surface area contributed by atoms with E-state index in [0.717, 1.165) is 32.1 Å². The molecular weight excluding hydrogens is 287 g/mol. The number of hydrogen-bond acceptors (Lipinski definition) is 2. The molecular formula is C16H32FN2O3+. The number of likely N-dealkylation sites (N-methyl/N-ethyl adjacent to an activating group) is 1. The van der Waals surface area contributed by atoms with E-state index in [1.54, 1.807) is 0 Å². The molecule has 0 heterocycles. The second-order valence-electron chi connectivity index (χ2n) is 6.53. The van der Waals surface area contributed by atoms with Gasteiger partial charge in [0.1, 0.15) is 0 Å². The van der Waals surface area contributed by atoms with Crippen molar-refractivity contribution in [1.82, 2.24) is 5.32 Å². The minimum Gasteiger partial charge on any atom is -0.477 e. The van der Waals surface area contributed by atoms with E-state index < -0.39 is 18.0 Å². The summed E-state index contributed by atoms with van der Waals surface area (Å²) < 4.78 is 14.0. The van der Waals surface area contributed by atoms with E-state index in [2.05, 4.69) is 12.2 Å². The normalized spacial score (nSPS) is 12.9. The summed E-state index contributed by atoms with van der Waals surface area (Å²) in [6, 6.07) is 0. The van der Waals surface area contributed by atoms with Gasteiger partial charge in [0.15, 0.2) is 12.7 Å². The lowest BCUT2D eigenvalue weighted by Crippen LogP contribution is -2.45. The Hall–Kier alpha value is -1.17. The van der Waals surface area contributed by atoms with Crippen LogP contribution >= 0.6 is 0 Å². The van der Waals surface area contributed by atoms with E-state index in [9.17, 15) is 14.0 Å². The average molecular weight is 319 g/mol. The standard InChI is InChI=1S/C16H31FN2O3/c1-4-5-6-7-8-10-14(17)16(22)18-11-9-12-19(2,3)13-15(20)21/h14H,4-13H2,1-3H3,(H-,18,20,21,22)/p+1. The van der Waals surface area contributed by atoms with Gasteiger partial charge in [-0.3, -0.25) is 4.79 Å². The number of amides is 1. The molecule has 0 aromatic rings. The Balaban J connectivity index is 3.73. The van der Waals surface area contributed by atoms with Crippen molar-refractivity contribution in [2.75, 3.05) is 33.7 Å². The van der Waals surface area contributed by atoms with Crippen molar-refractivity contribution < 1.29 is 23.6 Å². The Morgan fingerprint density at radius 3 is 2.36 bits per heavy atom. The second kappa shape index (κ2) is 11.4. The predicted molar refractivity (Wildman–Crippen MR) is 85.4 cm³/mol. The molecule has 0 fully saturated rings. The number of carbonyl (C=O) groups excluding carboxylic acids is 1. The number of unbranched alkanes of at least 4 members (excludes halogenated alkanes) is 4. The molecule has 0 bridgehead atoms. The lowest BCUT2D eigenvalue weighted by atomic mass is 10.1. The highest BCUT2D eigenvalue weighted by atomic mass is 19.1. The van der Waals surface area contributed by atoms with Gasteiger partial charge in [-0.15, -0.1) is 0 Å². The predicted octanol–water partition coefficient (Wildman–Crippen LogP) is 2.35. The summed E-state index contributed by atoms with van der Waals surface area (Å²) in [5.74, 6) is -1.39. The maximum Gasteiger partial charge on any atom is 0.359 e. The molecule has 1 amide bonds. The topological polar surface area (TPSA) is 66.4 Å². The number of hydrogen-bond donors (Lipinski definition) is 2. The van der Waals surface area contributed by atoms with Crippen molar-refractivity contribution in [3.05, 3.63) is 0 Å². The fourth-order valence-corrected chi connectivity index (χ4v) is 2.33. The van der Waals surface area contributed by atoms with Crippen molar-refractivity contribution in [1.29, 1.82) is 0 Å². The summed E-state index contributed by atoms with van der Waals surface area (Å²) in [6.07, 6.45) is 4.62. The van der Waals surface area contributed by atoms with Crippen molar-refractivity contribution in [3.63, 3.8) is 0 Å². The quantitative estimate of drug-likeness (QED) is 0.404. The molecule has 130 valence electrons. The summed E-state index contributed by atoms with van der Waals surface area (Å²) in [5, 5.41) is 11.4. The third kappa shape index (κ3) is 11.5. The zero-order valence-electron chi connectivity index (χ0n) is 14.2. The van der Waals surface area contributed by atoms with E-state index >= 15 is 0 Å². The Morgan fingerprint density at radius 2 is 1.77 bits per heavy atom. The average Bonchev–Trinajstić information content (AvgIpc) is 2.41. The fraction of sp³-hybridized carbons (Fsp3) is 0.875. The van der Waals surface area contributed by atoms with Gasteiger partial charge in [0.2, 0.25) is 0 Å². The molecule has 0 aliphatic rings. The van der Waals surface area contributed by atoms with Crippen LogP contribution in [0.1, 0.15) is 51.9 Å². The van der Waals surface area contributed by atoms with E-state index in [0.29, 0.717) is 24.0 Å². The fourth-order valence-electron chi connectivity index (χ4n) is 2.33. The molecule has 0 saturated heterocycles. The summed E-state index contributed by atoms with van der Waals surface area (Å²) in [6.45, 7) is 3.18. The monoisotopic (exact) mass is 319 g/mol. The molecule has 0 aliphatic heterocycles. The number of halogens is 1. The molecule has 1 unspecified atom stereocenters. The Bertz CT molecular complexity index is 335. The van der Waals surface area contributed by atoms with Crippen LogP contribution < -0.4 is 5.32 Å². The lowest BCUT2D eigenvalue weighted by molar-refractivity contribution is -0.883.